The minimum atomic E-state index is -0.394. The van der Waals surface area contributed by atoms with Crippen molar-refractivity contribution in [1.82, 2.24) is 20.0 Å². The van der Waals surface area contributed by atoms with Crippen molar-refractivity contribution in [3.63, 3.8) is 0 Å². The van der Waals surface area contributed by atoms with Gasteiger partial charge in [-0.1, -0.05) is 11.6 Å². The smallest absolute Gasteiger partial charge is 0.341 e. The molecule has 0 aliphatic rings. The average Bonchev–Trinajstić information content (AvgIpc) is 2.71. The van der Waals surface area contributed by atoms with Gasteiger partial charge in [-0.3, -0.25) is 0 Å². The first-order chi connectivity index (χ1) is 8.63. The monoisotopic (exact) mass is 266 g/mol. The summed E-state index contributed by atoms with van der Waals surface area (Å²) in [6.45, 7) is 3.85. The summed E-state index contributed by atoms with van der Waals surface area (Å²) in [7, 11) is 0. The molecule has 0 aromatic carbocycles. The van der Waals surface area contributed by atoms with Crippen LogP contribution in [0.3, 0.4) is 0 Å². The lowest BCUT2D eigenvalue weighted by atomic mass is 10.2. The van der Waals surface area contributed by atoms with Gasteiger partial charge in [0.2, 0.25) is 0 Å². The van der Waals surface area contributed by atoms with Crippen molar-refractivity contribution >= 4 is 17.6 Å². The number of carbonyl (C=O) groups excluding carboxylic acids is 1. The Morgan fingerprint density at radius 1 is 1.50 bits per heavy atom. The molecule has 0 aliphatic carbocycles. The van der Waals surface area contributed by atoms with E-state index in [1.165, 1.54) is 12.4 Å². The maximum absolute atomic E-state index is 11.6. The number of hydrogen-bond acceptors (Lipinski definition) is 5. The number of hydrogen-bond donors (Lipinski definition) is 0. The molecule has 0 saturated carbocycles. The van der Waals surface area contributed by atoms with E-state index in [0.29, 0.717) is 23.6 Å². The fourth-order valence-electron chi connectivity index (χ4n) is 1.53. The van der Waals surface area contributed by atoms with Gasteiger partial charge >= 0.3 is 5.97 Å². The molecule has 0 N–H and O–H groups in total. The van der Waals surface area contributed by atoms with Crippen LogP contribution in [-0.4, -0.2) is 32.6 Å². The number of carbonyl (C=O) groups is 1. The molecule has 2 rings (SSSR count). The summed E-state index contributed by atoms with van der Waals surface area (Å²) in [6, 6.07) is 1.61. The lowest BCUT2D eigenvalue weighted by Gasteiger charge is -2.04. The van der Waals surface area contributed by atoms with Crippen molar-refractivity contribution in [1.29, 1.82) is 0 Å². The van der Waals surface area contributed by atoms with Gasteiger partial charge in [-0.05, 0) is 13.8 Å². The van der Waals surface area contributed by atoms with E-state index in [4.69, 9.17) is 16.3 Å². The minimum absolute atomic E-state index is 0.264. The molecule has 94 valence electrons. The molecule has 0 aliphatic heterocycles. The second-order valence-corrected chi connectivity index (χ2v) is 3.90. The number of nitrogens with zero attached hydrogens (tertiary/aromatic N) is 4. The molecule has 0 amide bonds. The second-order valence-electron chi connectivity index (χ2n) is 3.51. The van der Waals surface area contributed by atoms with E-state index in [1.54, 1.807) is 24.6 Å². The van der Waals surface area contributed by atoms with Crippen molar-refractivity contribution in [3.8, 4) is 5.69 Å². The van der Waals surface area contributed by atoms with Gasteiger partial charge in [-0.15, -0.1) is 5.10 Å². The molecule has 2 heterocycles. The maximum Gasteiger partial charge on any atom is 0.341 e. The van der Waals surface area contributed by atoms with E-state index in [0.717, 1.165) is 0 Å². The largest absolute Gasteiger partial charge is 0.462 e. The molecule has 0 fully saturated rings. The quantitative estimate of drug-likeness (QED) is 0.793. The Kier molecular flexibility index (Phi) is 3.57. The molecule has 18 heavy (non-hydrogen) atoms. The molecule has 7 heteroatoms. The SMILES string of the molecule is CCOC(=O)c1cnn(-c2cnnc(Cl)c2)c1C. The van der Waals surface area contributed by atoms with Gasteiger partial charge in [0.1, 0.15) is 5.56 Å². The average molecular weight is 267 g/mol. The normalized spacial score (nSPS) is 10.4. The van der Waals surface area contributed by atoms with Gasteiger partial charge in [0, 0.05) is 6.07 Å². The van der Waals surface area contributed by atoms with Gasteiger partial charge in [0.05, 0.1) is 30.4 Å². The van der Waals surface area contributed by atoms with Gasteiger partial charge in [-0.25, -0.2) is 9.48 Å². The summed E-state index contributed by atoms with van der Waals surface area (Å²) in [5.74, 6) is -0.394. The minimum Gasteiger partial charge on any atom is -0.462 e. The van der Waals surface area contributed by atoms with E-state index in [-0.39, 0.29) is 5.15 Å². The van der Waals surface area contributed by atoms with E-state index >= 15 is 0 Å². The lowest BCUT2D eigenvalue weighted by Crippen LogP contribution is -2.07. The summed E-state index contributed by atoms with van der Waals surface area (Å²) >= 11 is 5.76. The standard InChI is InChI=1S/C11H11ClN4O2/c1-3-18-11(17)9-6-14-16(7(9)2)8-4-10(12)15-13-5-8/h4-6H,3H2,1-2H3. The molecule has 0 radical (unpaired) electrons. The Labute approximate surface area is 109 Å². The first-order valence-corrected chi connectivity index (χ1v) is 5.71. The van der Waals surface area contributed by atoms with Crippen LogP contribution in [0.4, 0.5) is 0 Å². The third-order valence-corrected chi connectivity index (χ3v) is 2.54. The van der Waals surface area contributed by atoms with Gasteiger partial charge in [0.15, 0.2) is 5.15 Å². The summed E-state index contributed by atoms with van der Waals surface area (Å²) in [4.78, 5) is 11.6. The Morgan fingerprint density at radius 3 is 2.94 bits per heavy atom. The molecule has 6 nitrogen and oxygen atoms in total. The molecule has 0 saturated heterocycles. The van der Waals surface area contributed by atoms with Gasteiger partial charge in [-0.2, -0.15) is 10.2 Å². The van der Waals surface area contributed by atoms with Crippen LogP contribution in [0.25, 0.3) is 5.69 Å². The molecule has 0 spiro atoms. The van der Waals surface area contributed by atoms with Crippen LogP contribution in [0.15, 0.2) is 18.5 Å². The summed E-state index contributed by atoms with van der Waals surface area (Å²) in [6.07, 6.45) is 2.97. The Bertz CT molecular complexity index is 582. The maximum atomic E-state index is 11.6. The highest BCUT2D eigenvalue weighted by Crippen LogP contribution is 2.16. The number of aromatic nitrogens is 4. The van der Waals surface area contributed by atoms with Crippen LogP contribution >= 0.6 is 11.6 Å². The van der Waals surface area contributed by atoms with Crippen molar-refractivity contribution in [2.75, 3.05) is 6.61 Å². The number of rotatable bonds is 3. The molecule has 0 bridgehead atoms. The van der Waals surface area contributed by atoms with Gasteiger partial charge in [0.25, 0.3) is 0 Å². The van der Waals surface area contributed by atoms with Crippen molar-refractivity contribution in [2.45, 2.75) is 13.8 Å². The Hall–Kier alpha value is -1.95. The Morgan fingerprint density at radius 2 is 2.28 bits per heavy atom. The number of halogens is 1. The third kappa shape index (κ3) is 2.33. The number of ether oxygens (including phenoxy) is 1. The first kappa shape index (κ1) is 12.5. The first-order valence-electron chi connectivity index (χ1n) is 5.33. The highest BCUT2D eigenvalue weighted by molar-refractivity contribution is 6.29. The molecule has 2 aromatic rings. The second kappa shape index (κ2) is 5.14. The zero-order chi connectivity index (χ0) is 13.1. The molecular formula is C11H11ClN4O2. The zero-order valence-electron chi connectivity index (χ0n) is 9.92. The van der Waals surface area contributed by atoms with Crippen molar-refractivity contribution < 1.29 is 9.53 Å². The highest BCUT2D eigenvalue weighted by atomic mass is 35.5. The third-order valence-electron chi connectivity index (χ3n) is 2.36. The lowest BCUT2D eigenvalue weighted by molar-refractivity contribution is 0.0525. The fraction of sp³-hybridized carbons (Fsp3) is 0.273. The zero-order valence-corrected chi connectivity index (χ0v) is 10.7. The predicted molar refractivity (Wildman–Crippen MR) is 64.9 cm³/mol. The summed E-state index contributed by atoms with van der Waals surface area (Å²) in [5.41, 5.74) is 1.73. The van der Waals surface area contributed by atoms with Crippen LogP contribution in [0, 0.1) is 6.92 Å². The topological polar surface area (TPSA) is 69.9 Å². The van der Waals surface area contributed by atoms with Crippen molar-refractivity contribution in [2.24, 2.45) is 0 Å². The summed E-state index contributed by atoms with van der Waals surface area (Å²) < 4.78 is 6.50. The van der Waals surface area contributed by atoms with Gasteiger partial charge < -0.3 is 4.74 Å². The fourth-order valence-corrected chi connectivity index (χ4v) is 1.68. The predicted octanol–water partition coefficient (Wildman–Crippen LogP) is 1.80. The Balaban J connectivity index is 2.39. The van der Waals surface area contributed by atoms with Crippen LogP contribution in [0.5, 0.6) is 0 Å². The van der Waals surface area contributed by atoms with Crippen molar-refractivity contribution in [3.05, 3.63) is 34.9 Å². The highest BCUT2D eigenvalue weighted by Gasteiger charge is 2.16. The van der Waals surface area contributed by atoms with Crippen LogP contribution in [0.1, 0.15) is 23.0 Å². The van der Waals surface area contributed by atoms with Crippen LogP contribution < -0.4 is 0 Å². The van der Waals surface area contributed by atoms with Crippen LogP contribution in [0.2, 0.25) is 5.15 Å². The van der Waals surface area contributed by atoms with E-state index in [2.05, 4.69) is 15.3 Å². The van der Waals surface area contributed by atoms with E-state index in [1.807, 2.05) is 0 Å². The molecule has 2 aromatic heterocycles. The molecule has 0 atom stereocenters. The number of esters is 1. The van der Waals surface area contributed by atoms with E-state index < -0.39 is 5.97 Å². The molecule has 0 unspecified atom stereocenters. The van der Waals surface area contributed by atoms with Crippen LogP contribution in [-0.2, 0) is 4.74 Å². The van der Waals surface area contributed by atoms with E-state index in [9.17, 15) is 4.79 Å². The summed E-state index contributed by atoms with van der Waals surface area (Å²) in [5, 5.41) is 11.8. The molecular weight excluding hydrogens is 256 g/mol.